The highest BCUT2D eigenvalue weighted by Gasteiger charge is 2.31. The van der Waals surface area contributed by atoms with Crippen molar-refractivity contribution in [2.24, 2.45) is 5.92 Å². The van der Waals surface area contributed by atoms with Gasteiger partial charge in [-0.3, -0.25) is 4.79 Å². The number of rotatable bonds is 6. The smallest absolute Gasteiger partial charge is 0.410 e. The number of aliphatic carboxylic acids is 1. The fourth-order valence-electron chi connectivity index (χ4n) is 2.84. The van der Waals surface area contributed by atoms with Crippen molar-refractivity contribution in [1.29, 1.82) is 0 Å². The zero-order valence-electron chi connectivity index (χ0n) is 14.1. The van der Waals surface area contributed by atoms with Crippen molar-refractivity contribution in [3.63, 3.8) is 0 Å². The normalized spacial score (nSPS) is 22.2. The molecule has 0 aromatic carbocycles. The molecule has 128 valence electrons. The van der Waals surface area contributed by atoms with Gasteiger partial charge in [0.05, 0.1) is 0 Å². The molecule has 0 unspecified atom stereocenters. The van der Waals surface area contributed by atoms with Gasteiger partial charge in [0, 0.05) is 24.8 Å². The number of carboxylic acid groups (broad SMARTS) is 1. The van der Waals surface area contributed by atoms with E-state index in [2.05, 4.69) is 0 Å². The molecule has 0 saturated heterocycles. The molecule has 0 atom stereocenters. The number of carboxylic acids is 1. The van der Waals surface area contributed by atoms with Crippen LogP contribution in [0, 0.1) is 5.92 Å². The van der Waals surface area contributed by atoms with Gasteiger partial charge in [0.2, 0.25) is 0 Å². The van der Waals surface area contributed by atoms with Gasteiger partial charge in [-0.1, -0.05) is 0 Å². The Hall–Kier alpha value is -0.910. The van der Waals surface area contributed by atoms with Crippen molar-refractivity contribution in [3.05, 3.63) is 0 Å². The number of ether oxygens (including phenoxy) is 1. The van der Waals surface area contributed by atoms with Gasteiger partial charge in [0.15, 0.2) is 0 Å². The van der Waals surface area contributed by atoms with Gasteiger partial charge in [0.25, 0.3) is 0 Å². The fourth-order valence-corrected chi connectivity index (χ4v) is 3.22. The average molecular weight is 331 g/mol. The van der Waals surface area contributed by atoms with Crippen LogP contribution in [0.1, 0.15) is 52.9 Å². The lowest BCUT2D eigenvalue weighted by Crippen LogP contribution is -2.46. The summed E-state index contributed by atoms with van der Waals surface area (Å²) in [6.45, 7) is 6.31. The monoisotopic (exact) mass is 331 g/mol. The van der Waals surface area contributed by atoms with Crippen LogP contribution in [0.15, 0.2) is 0 Å². The summed E-state index contributed by atoms with van der Waals surface area (Å²) in [4.78, 5) is 25.1. The van der Waals surface area contributed by atoms with Crippen LogP contribution < -0.4 is 0 Å². The molecule has 1 rings (SSSR count). The molecule has 0 heterocycles. The first kappa shape index (κ1) is 19.1. The van der Waals surface area contributed by atoms with E-state index in [1.54, 1.807) is 11.8 Å². The Balaban J connectivity index is 2.61. The van der Waals surface area contributed by atoms with E-state index >= 15 is 0 Å². The van der Waals surface area contributed by atoms with Crippen molar-refractivity contribution in [3.8, 4) is 0 Å². The van der Waals surface area contributed by atoms with Gasteiger partial charge in [-0.15, -0.1) is 0 Å². The lowest BCUT2D eigenvalue weighted by Gasteiger charge is -2.37. The number of carbonyl (C=O) groups is 2. The van der Waals surface area contributed by atoms with Crippen LogP contribution in [0.4, 0.5) is 4.79 Å². The zero-order chi connectivity index (χ0) is 16.8. The van der Waals surface area contributed by atoms with E-state index in [-0.39, 0.29) is 24.5 Å². The van der Waals surface area contributed by atoms with Gasteiger partial charge in [-0.25, -0.2) is 4.79 Å². The summed E-state index contributed by atoms with van der Waals surface area (Å²) in [6.07, 6.45) is 5.49. The Bertz CT molecular complexity index is 373. The standard InChI is InChI=1S/C16H29NO4S/c1-16(2,3)21-15(20)17(9-10-22-4)13-7-5-12(6-8-13)11-14(18)19/h12-13H,5-11H2,1-4H3,(H,18,19). The highest BCUT2D eigenvalue weighted by molar-refractivity contribution is 7.98. The van der Waals surface area contributed by atoms with Crippen molar-refractivity contribution < 1.29 is 19.4 Å². The zero-order valence-corrected chi connectivity index (χ0v) is 14.9. The second kappa shape index (κ2) is 8.65. The molecule has 1 amide bonds. The van der Waals surface area contributed by atoms with Crippen LogP contribution >= 0.6 is 11.8 Å². The molecule has 0 aromatic heterocycles. The molecular formula is C16H29NO4S. The maximum atomic E-state index is 12.4. The number of hydrogen-bond donors (Lipinski definition) is 1. The number of thioether (sulfide) groups is 1. The Morgan fingerprint density at radius 1 is 1.23 bits per heavy atom. The highest BCUT2D eigenvalue weighted by atomic mass is 32.2. The molecule has 1 aliphatic rings. The summed E-state index contributed by atoms with van der Waals surface area (Å²) < 4.78 is 5.53. The molecule has 1 saturated carbocycles. The number of amides is 1. The molecule has 0 aromatic rings. The Morgan fingerprint density at radius 3 is 2.27 bits per heavy atom. The minimum absolute atomic E-state index is 0.173. The van der Waals surface area contributed by atoms with Crippen molar-refractivity contribution in [2.45, 2.75) is 64.5 Å². The Morgan fingerprint density at radius 2 is 1.82 bits per heavy atom. The SMILES string of the molecule is CSCCN(C(=O)OC(C)(C)C)C1CCC(CC(=O)O)CC1. The molecule has 0 aliphatic heterocycles. The highest BCUT2D eigenvalue weighted by Crippen LogP contribution is 2.30. The van der Waals surface area contributed by atoms with Crippen molar-refractivity contribution in [1.82, 2.24) is 4.90 Å². The molecule has 6 heteroatoms. The summed E-state index contributed by atoms with van der Waals surface area (Å²) in [5.74, 6) is 0.401. The van der Waals surface area contributed by atoms with E-state index in [0.717, 1.165) is 31.4 Å². The van der Waals surface area contributed by atoms with Crippen LogP contribution in [-0.2, 0) is 9.53 Å². The van der Waals surface area contributed by atoms with Crippen LogP contribution in [0.5, 0.6) is 0 Å². The molecule has 1 N–H and O–H groups in total. The van der Waals surface area contributed by atoms with Crippen molar-refractivity contribution in [2.75, 3.05) is 18.6 Å². The van der Waals surface area contributed by atoms with E-state index in [1.807, 2.05) is 31.9 Å². The molecule has 0 radical (unpaired) electrons. The molecule has 5 nitrogen and oxygen atoms in total. The summed E-state index contributed by atoms with van der Waals surface area (Å²) >= 11 is 1.71. The predicted octanol–water partition coefficient (Wildman–Crippen LogP) is 3.62. The van der Waals surface area contributed by atoms with Gasteiger partial charge >= 0.3 is 12.1 Å². The fraction of sp³-hybridized carbons (Fsp3) is 0.875. The summed E-state index contributed by atoms with van der Waals surface area (Å²) in [7, 11) is 0. The first-order chi connectivity index (χ1) is 10.2. The summed E-state index contributed by atoms with van der Waals surface area (Å²) in [6, 6.07) is 0.173. The second-order valence-corrected chi connectivity index (χ2v) is 7.92. The predicted molar refractivity (Wildman–Crippen MR) is 89.3 cm³/mol. The third-order valence-corrected chi connectivity index (χ3v) is 4.48. The van der Waals surface area contributed by atoms with Crippen LogP contribution in [0.25, 0.3) is 0 Å². The van der Waals surface area contributed by atoms with Gasteiger partial charge < -0.3 is 14.7 Å². The van der Waals surface area contributed by atoms with Gasteiger partial charge in [0.1, 0.15) is 5.60 Å². The molecule has 1 aliphatic carbocycles. The minimum atomic E-state index is -0.727. The largest absolute Gasteiger partial charge is 0.481 e. The molecule has 0 bridgehead atoms. The lowest BCUT2D eigenvalue weighted by atomic mass is 9.83. The summed E-state index contributed by atoms with van der Waals surface area (Å²) in [5, 5.41) is 8.89. The molecular weight excluding hydrogens is 302 g/mol. The van der Waals surface area contributed by atoms with Crippen molar-refractivity contribution >= 4 is 23.8 Å². The van der Waals surface area contributed by atoms with E-state index in [1.165, 1.54) is 0 Å². The van der Waals surface area contributed by atoms with Gasteiger partial charge in [-0.2, -0.15) is 11.8 Å². The number of nitrogens with zero attached hydrogens (tertiary/aromatic N) is 1. The Kier molecular flexibility index (Phi) is 7.53. The van der Waals surface area contributed by atoms with E-state index in [4.69, 9.17) is 9.84 Å². The Labute approximate surface area is 137 Å². The molecule has 1 fully saturated rings. The molecule has 0 spiro atoms. The second-order valence-electron chi connectivity index (χ2n) is 6.94. The summed E-state index contributed by atoms with van der Waals surface area (Å²) in [5.41, 5.74) is -0.491. The topological polar surface area (TPSA) is 66.8 Å². The number of carbonyl (C=O) groups excluding carboxylic acids is 1. The van der Waals surface area contributed by atoms with Crippen LogP contribution in [-0.4, -0.2) is 52.3 Å². The van der Waals surface area contributed by atoms with Crippen LogP contribution in [0.3, 0.4) is 0 Å². The maximum Gasteiger partial charge on any atom is 0.410 e. The lowest BCUT2D eigenvalue weighted by molar-refractivity contribution is -0.138. The average Bonchev–Trinajstić information content (AvgIpc) is 2.38. The van der Waals surface area contributed by atoms with Crippen LogP contribution in [0.2, 0.25) is 0 Å². The third-order valence-electron chi connectivity index (χ3n) is 3.88. The first-order valence-corrected chi connectivity index (χ1v) is 9.32. The third kappa shape index (κ3) is 6.90. The quantitative estimate of drug-likeness (QED) is 0.805. The maximum absolute atomic E-state index is 12.4. The van der Waals surface area contributed by atoms with E-state index < -0.39 is 11.6 Å². The number of hydrogen-bond acceptors (Lipinski definition) is 4. The minimum Gasteiger partial charge on any atom is -0.481 e. The molecule has 22 heavy (non-hydrogen) atoms. The first-order valence-electron chi connectivity index (χ1n) is 7.93. The van der Waals surface area contributed by atoms with Gasteiger partial charge in [-0.05, 0) is 58.6 Å². The van der Waals surface area contributed by atoms with E-state index in [9.17, 15) is 9.59 Å². The van der Waals surface area contributed by atoms with E-state index in [0.29, 0.717) is 6.54 Å².